The van der Waals surface area contributed by atoms with Gasteiger partial charge in [0, 0.05) is 25.2 Å². The fourth-order valence-electron chi connectivity index (χ4n) is 2.26. The lowest BCUT2D eigenvalue weighted by Crippen LogP contribution is -2.38. The molecular weight excluding hydrogens is 387 g/mol. The quantitative estimate of drug-likeness (QED) is 0.755. The van der Waals surface area contributed by atoms with E-state index in [-0.39, 0.29) is 12.1 Å². The molecule has 0 heterocycles. The Kier molecular flexibility index (Phi) is 6.55. The van der Waals surface area contributed by atoms with Crippen LogP contribution in [0.4, 0.5) is 22.0 Å². The van der Waals surface area contributed by atoms with Crippen LogP contribution in [-0.2, 0) is 11.3 Å². The van der Waals surface area contributed by atoms with E-state index in [9.17, 15) is 31.5 Å². The van der Waals surface area contributed by atoms with Gasteiger partial charge in [-0.05, 0) is 18.2 Å². The Bertz CT molecular complexity index is 871. The molecule has 1 N–H and O–H groups in total. The van der Waals surface area contributed by atoms with Crippen molar-refractivity contribution in [2.24, 2.45) is 0 Å². The van der Waals surface area contributed by atoms with Crippen molar-refractivity contribution in [2.75, 3.05) is 13.6 Å². The second kappa shape index (κ2) is 8.68. The Labute approximate surface area is 156 Å². The number of benzene rings is 2. The first-order valence-electron chi connectivity index (χ1n) is 7.87. The first kappa shape index (κ1) is 21.1. The van der Waals surface area contributed by atoms with Gasteiger partial charge in [-0.25, -0.2) is 8.78 Å². The van der Waals surface area contributed by atoms with E-state index in [1.54, 1.807) is 0 Å². The van der Waals surface area contributed by atoms with Crippen LogP contribution >= 0.6 is 0 Å². The average molecular weight is 402 g/mol. The summed E-state index contributed by atoms with van der Waals surface area (Å²) < 4.78 is 67.6. The predicted octanol–water partition coefficient (Wildman–Crippen LogP) is 3.25. The predicted molar refractivity (Wildman–Crippen MR) is 88.3 cm³/mol. The molecule has 0 spiro atoms. The number of carbonyl (C=O) groups is 2. The van der Waals surface area contributed by atoms with Gasteiger partial charge in [-0.3, -0.25) is 9.59 Å². The fourth-order valence-corrected chi connectivity index (χ4v) is 2.26. The number of carbonyl (C=O) groups excluding carboxylic acids is 2. The van der Waals surface area contributed by atoms with Gasteiger partial charge in [0.25, 0.3) is 5.91 Å². The lowest BCUT2D eigenvalue weighted by atomic mass is 10.2. The average Bonchev–Trinajstić information content (AvgIpc) is 2.59. The molecule has 0 saturated carbocycles. The smallest absolute Gasteiger partial charge is 0.405 e. The Morgan fingerprint density at radius 1 is 1.11 bits per heavy atom. The minimum absolute atomic E-state index is 0.103. The number of halogens is 5. The highest BCUT2D eigenvalue weighted by Gasteiger charge is 2.32. The summed E-state index contributed by atoms with van der Waals surface area (Å²) in [5, 5.41) is 2.17. The van der Waals surface area contributed by atoms with Crippen LogP contribution in [0, 0.1) is 11.6 Å². The third-order valence-electron chi connectivity index (χ3n) is 3.61. The van der Waals surface area contributed by atoms with Crippen LogP contribution in [-0.4, -0.2) is 36.7 Å². The molecule has 0 radical (unpaired) electrons. The second-order valence-corrected chi connectivity index (χ2v) is 5.71. The van der Waals surface area contributed by atoms with Crippen molar-refractivity contribution in [3.8, 4) is 5.75 Å². The summed E-state index contributed by atoms with van der Waals surface area (Å²) in [7, 11) is 1.32. The van der Waals surface area contributed by atoms with Crippen molar-refractivity contribution in [1.82, 2.24) is 10.2 Å². The first-order chi connectivity index (χ1) is 13.1. The van der Waals surface area contributed by atoms with Gasteiger partial charge in [0.1, 0.15) is 17.4 Å². The number of hydrogen-bond donors (Lipinski definition) is 1. The molecule has 0 bridgehead atoms. The summed E-state index contributed by atoms with van der Waals surface area (Å²) in [6.07, 6.45) is -4.88. The molecule has 0 saturated heterocycles. The van der Waals surface area contributed by atoms with E-state index in [1.807, 2.05) is 0 Å². The topological polar surface area (TPSA) is 58.6 Å². The summed E-state index contributed by atoms with van der Waals surface area (Å²) >= 11 is 0. The minimum Gasteiger partial charge on any atom is -0.405 e. The van der Waals surface area contributed by atoms with E-state index in [1.165, 1.54) is 25.2 Å². The summed E-state index contributed by atoms with van der Waals surface area (Å²) in [5.41, 5.74) is -0.340. The van der Waals surface area contributed by atoms with Crippen molar-refractivity contribution in [1.29, 1.82) is 0 Å². The number of nitrogens with one attached hydrogen (secondary N) is 1. The molecule has 5 nitrogen and oxygen atoms in total. The van der Waals surface area contributed by atoms with Crippen molar-refractivity contribution in [3.05, 3.63) is 65.2 Å². The molecule has 28 heavy (non-hydrogen) atoms. The Morgan fingerprint density at radius 2 is 1.79 bits per heavy atom. The van der Waals surface area contributed by atoms with E-state index in [0.29, 0.717) is 6.07 Å². The van der Waals surface area contributed by atoms with Gasteiger partial charge in [-0.2, -0.15) is 0 Å². The highest BCUT2D eigenvalue weighted by atomic mass is 19.4. The molecule has 0 aliphatic carbocycles. The van der Waals surface area contributed by atoms with Gasteiger partial charge < -0.3 is 15.0 Å². The molecule has 2 aromatic carbocycles. The number of hydrogen-bond acceptors (Lipinski definition) is 3. The van der Waals surface area contributed by atoms with Crippen LogP contribution in [0.15, 0.2) is 42.5 Å². The van der Waals surface area contributed by atoms with Gasteiger partial charge >= 0.3 is 6.36 Å². The standard InChI is InChI=1S/C18H15F5N2O3/c1-25(10-11-4-2-3-5-15(11)28-18(21,22)23)16(26)9-24-17(27)13-7-6-12(19)8-14(13)20/h2-8H,9-10H2,1H3,(H,24,27). The van der Waals surface area contributed by atoms with Gasteiger partial charge in [-0.15, -0.1) is 13.2 Å². The lowest BCUT2D eigenvalue weighted by Gasteiger charge is -2.20. The van der Waals surface area contributed by atoms with Crippen molar-refractivity contribution >= 4 is 11.8 Å². The van der Waals surface area contributed by atoms with E-state index in [2.05, 4.69) is 10.1 Å². The molecule has 10 heteroatoms. The zero-order valence-electron chi connectivity index (χ0n) is 14.5. The zero-order chi connectivity index (χ0) is 20.9. The van der Waals surface area contributed by atoms with Gasteiger partial charge in [0.05, 0.1) is 12.1 Å². The molecule has 0 aliphatic rings. The molecule has 0 aliphatic heterocycles. The van der Waals surface area contributed by atoms with Crippen molar-refractivity contribution < 1.29 is 36.3 Å². The van der Waals surface area contributed by atoms with Gasteiger partial charge in [0.2, 0.25) is 5.91 Å². The normalized spacial score (nSPS) is 11.1. The number of amides is 2. The van der Waals surface area contributed by atoms with Crippen molar-refractivity contribution in [3.63, 3.8) is 0 Å². The molecule has 2 amide bonds. The van der Waals surface area contributed by atoms with E-state index in [4.69, 9.17) is 0 Å². The highest BCUT2D eigenvalue weighted by Crippen LogP contribution is 2.26. The molecule has 150 valence electrons. The van der Waals surface area contributed by atoms with E-state index >= 15 is 0 Å². The monoisotopic (exact) mass is 402 g/mol. The first-order valence-corrected chi connectivity index (χ1v) is 7.87. The maximum absolute atomic E-state index is 13.5. The maximum atomic E-state index is 13.5. The number of ether oxygens (including phenoxy) is 1. The van der Waals surface area contributed by atoms with Crippen LogP contribution in [0.25, 0.3) is 0 Å². The number of likely N-dealkylation sites (N-methyl/N-ethyl adjacent to an activating group) is 1. The molecule has 2 aromatic rings. The van der Waals surface area contributed by atoms with Crippen molar-refractivity contribution in [2.45, 2.75) is 12.9 Å². The SMILES string of the molecule is CN(Cc1ccccc1OC(F)(F)F)C(=O)CNC(=O)c1ccc(F)cc1F. The van der Waals surface area contributed by atoms with Crippen LogP contribution in [0.2, 0.25) is 0 Å². The van der Waals surface area contributed by atoms with E-state index < -0.39 is 47.7 Å². The molecule has 0 unspecified atom stereocenters. The molecule has 0 fully saturated rings. The molecule has 0 atom stereocenters. The Balaban J connectivity index is 1.97. The molecular formula is C18H15F5N2O3. The summed E-state index contributed by atoms with van der Waals surface area (Å²) in [5.74, 6) is -3.97. The summed E-state index contributed by atoms with van der Waals surface area (Å²) in [6, 6.07) is 7.65. The molecule has 0 aromatic heterocycles. The zero-order valence-corrected chi connectivity index (χ0v) is 14.5. The third-order valence-corrected chi connectivity index (χ3v) is 3.61. The second-order valence-electron chi connectivity index (χ2n) is 5.71. The number of para-hydroxylation sites is 1. The minimum atomic E-state index is -4.88. The number of alkyl halides is 3. The highest BCUT2D eigenvalue weighted by molar-refractivity contribution is 5.96. The van der Waals surface area contributed by atoms with Crippen LogP contribution in [0.5, 0.6) is 5.75 Å². The van der Waals surface area contributed by atoms with Crippen LogP contribution in [0.1, 0.15) is 15.9 Å². The molecule has 2 rings (SSSR count). The van der Waals surface area contributed by atoms with Gasteiger partial charge in [-0.1, -0.05) is 18.2 Å². The Hall–Kier alpha value is -3.17. The number of nitrogens with zero attached hydrogens (tertiary/aromatic N) is 1. The fraction of sp³-hybridized carbons (Fsp3) is 0.222. The largest absolute Gasteiger partial charge is 0.573 e. The maximum Gasteiger partial charge on any atom is 0.573 e. The van der Waals surface area contributed by atoms with E-state index in [0.717, 1.165) is 23.1 Å². The number of rotatable bonds is 6. The lowest BCUT2D eigenvalue weighted by molar-refractivity contribution is -0.275. The van der Waals surface area contributed by atoms with Crippen LogP contribution in [0.3, 0.4) is 0 Å². The van der Waals surface area contributed by atoms with Gasteiger partial charge in [0.15, 0.2) is 0 Å². The Morgan fingerprint density at radius 3 is 2.43 bits per heavy atom. The van der Waals surface area contributed by atoms with Crippen LogP contribution < -0.4 is 10.1 Å². The summed E-state index contributed by atoms with van der Waals surface area (Å²) in [6.45, 7) is -0.750. The third kappa shape index (κ3) is 5.93. The summed E-state index contributed by atoms with van der Waals surface area (Å²) in [4.78, 5) is 25.1.